The van der Waals surface area contributed by atoms with Gasteiger partial charge in [-0.25, -0.2) is 0 Å². The Kier molecular flexibility index (Phi) is 2.96. The topological polar surface area (TPSA) is 20.7 Å². The number of benzene rings is 2. The van der Waals surface area contributed by atoms with E-state index in [1.165, 1.54) is 11.1 Å². The third-order valence-electron chi connectivity index (χ3n) is 3.39. The van der Waals surface area contributed by atoms with E-state index in [-0.39, 0.29) is 0 Å². The largest absolute Gasteiger partial charge is 0.330 e. The SMILES string of the molecule is Cc1ccc(-n2c(=S)[nH]c3cc(Cl)ccc32)cc1C. The van der Waals surface area contributed by atoms with Crippen molar-refractivity contribution in [2.45, 2.75) is 13.8 Å². The van der Waals surface area contributed by atoms with Crippen molar-refractivity contribution in [3.05, 3.63) is 57.3 Å². The van der Waals surface area contributed by atoms with Crippen LogP contribution in [0.5, 0.6) is 0 Å². The van der Waals surface area contributed by atoms with E-state index in [2.05, 4.69) is 37.0 Å². The monoisotopic (exact) mass is 288 g/mol. The molecule has 0 saturated carbocycles. The molecule has 1 N–H and O–H groups in total. The molecule has 0 spiro atoms. The van der Waals surface area contributed by atoms with Gasteiger partial charge in [0, 0.05) is 10.7 Å². The zero-order valence-corrected chi connectivity index (χ0v) is 12.3. The van der Waals surface area contributed by atoms with Gasteiger partial charge in [0.2, 0.25) is 0 Å². The van der Waals surface area contributed by atoms with Gasteiger partial charge in [-0.3, -0.25) is 4.57 Å². The zero-order chi connectivity index (χ0) is 13.6. The third kappa shape index (κ3) is 2.09. The van der Waals surface area contributed by atoms with Crippen LogP contribution in [-0.2, 0) is 0 Å². The first-order valence-corrected chi connectivity index (χ1v) is 6.83. The lowest BCUT2D eigenvalue weighted by molar-refractivity contribution is 1.06. The van der Waals surface area contributed by atoms with Crippen LogP contribution in [-0.4, -0.2) is 9.55 Å². The molecule has 1 aromatic heterocycles. The van der Waals surface area contributed by atoms with Crippen molar-refractivity contribution in [2.24, 2.45) is 0 Å². The van der Waals surface area contributed by atoms with Crippen LogP contribution in [0.2, 0.25) is 5.02 Å². The maximum absolute atomic E-state index is 6.01. The van der Waals surface area contributed by atoms with Crippen molar-refractivity contribution in [2.75, 3.05) is 0 Å². The van der Waals surface area contributed by atoms with Gasteiger partial charge in [0.15, 0.2) is 4.77 Å². The molecule has 0 amide bonds. The first kappa shape index (κ1) is 12.5. The molecule has 96 valence electrons. The molecular formula is C15H13ClN2S. The summed E-state index contributed by atoms with van der Waals surface area (Å²) in [5.74, 6) is 0. The van der Waals surface area contributed by atoms with Gasteiger partial charge in [-0.1, -0.05) is 17.7 Å². The molecule has 2 nitrogen and oxygen atoms in total. The lowest BCUT2D eigenvalue weighted by atomic mass is 10.1. The Morgan fingerprint density at radius 3 is 2.58 bits per heavy atom. The Hall–Kier alpha value is -1.58. The van der Waals surface area contributed by atoms with E-state index in [4.69, 9.17) is 23.8 Å². The quantitative estimate of drug-likeness (QED) is 0.628. The van der Waals surface area contributed by atoms with Gasteiger partial charge < -0.3 is 4.98 Å². The average molecular weight is 289 g/mol. The predicted octanol–water partition coefficient (Wildman–Crippen LogP) is 4.96. The summed E-state index contributed by atoms with van der Waals surface area (Å²) in [7, 11) is 0. The first-order valence-electron chi connectivity index (χ1n) is 6.04. The molecule has 0 bridgehead atoms. The summed E-state index contributed by atoms with van der Waals surface area (Å²) in [5, 5.41) is 0.705. The highest BCUT2D eigenvalue weighted by Gasteiger charge is 2.07. The van der Waals surface area contributed by atoms with Gasteiger partial charge in [0.1, 0.15) is 0 Å². The molecule has 0 aliphatic rings. The number of nitrogens with one attached hydrogen (secondary N) is 1. The van der Waals surface area contributed by atoms with Gasteiger partial charge in [-0.15, -0.1) is 0 Å². The van der Waals surface area contributed by atoms with Crippen LogP contribution in [0.3, 0.4) is 0 Å². The van der Waals surface area contributed by atoms with E-state index >= 15 is 0 Å². The van der Waals surface area contributed by atoms with Crippen LogP contribution in [0.15, 0.2) is 36.4 Å². The molecule has 0 fully saturated rings. The Bertz CT molecular complexity index is 830. The Labute approximate surface area is 121 Å². The lowest BCUT2D eigenvalue weighted by Gasteiger charge is -2.07. The maximum Gasteiger partial charge on any atom is 0.182 e. The summed E-state index contributed by atoms with van der Waals surface area (Å²) in [4.78, 5) is 3.19. The lowest BCUT2D eigenvalue weighted by Crippen LogP contribution is -1.95. The molecule has 3 rings (SSSR count). The van der Waals surface area contributed by atoms with Gasteiger partial charge in [-0.05, 0) is 67.5 Å². The summed E-state index contributed by atoms with van der Waals surface area (Å²) in [6.07, 6.45) is 0. The molecule has 0 saturated heterocycles. The number of rotatable bonds is 1. The molecule has 4 heteroatoms. The summed E-state index contributed by atoms with van der Waals surface area (Å²) in [5.41, 5.74) is 5.59. The van der Waals surface area contributed by atoms with E-state index in [1.54, 1.807) is 0 Å². The fourth-order valence-electron chi connectivity index (χ4n) is 2.20. The minimum Gasteiger partial charge on any atom is -0.330 e. The fourth-order valence-corrected chi connectivity index (χ4v) is 2.69. The summed E-state index contributed by atoms with van der Waals surface area (Å²) < 4.78 is 2.72. The van der Waals surface area contributed by atoms with Crippen molar-refractivity contribution in [1.82, 2.24) is 9.55 Å². The minimum atomic E-state index is 0.681. The van der Waals surface area contributed by atoms with E-state index in [1.807, 2.05) is 22.8 Å². The highest BCUT2D eigenvalue weighted by Crippen LogP contribution is 2.23. The second-order valence-corrected chi connectivity index (χ2v) is 5.52. The van der Waals surface area contributed by atoms with Crippen LogP contribution in [0, 0.1) is 18.6 Å². The highest BCUT2D eigenvalue weighted by molar-refractivity contribution is 7.71. The number of H-pyrrole nitrogens is 1. The van der Waals surface area contributed by atoms with Crippen molar-refractivity contribution in [3.8, 4) is 5.69 Å². The second-order valence-electron chi connectivity index (χ2n) is 4.70. The molecular weight excluding hydrogens is 276 g/mol. The maximum atomic E-state index is 6.01. The number of hydrogen-bond donors (Lipinski definition) is 1. The smallest absolute Gasteiger partial charge is 0.182 e. The molecule has 0 aliphatic carbocycles. The number of nitrogens with zero attached hydrogens (tertiary/aromatic N) is 1. The molecule has 0 atom stereocenters. The van der Waals surface area contributed by atoms with E-state index < -0.39 is 0 Å². The number of aromatic nitrogens is 2. The number of fused-ring (bicyclic) bond motifs is 1. The Morgan fingerprint density at radius 2 is 1.84 bits per heavy atom. The van der Waals surface area contributed by atoms with Crippen molar-refractivity contribution in [3.63, 3.8) is 0 Å². The normalized spacial score (nSPS) is 11.1. The van der Waals surface area contributed by atoms with Crippen molar-refractivity contribution >= 4 is 34.9 Å². The molecule has 19 heavy (non-hydrogen) atoms. The number of hydrogen-bond acceptors (Lipinski definition) is 1. The second kappa shape index (κ2) is 4.51. The fraction of sp³-hybridized carbons (Fsp3) is 0.133. The molecule has 0 radical (unpaired) electrons. The van der Waals surface area contributed by atoms with Gasteiger partial charge in [0.05, 0.1) is 11.0 Å². The van der Waals surface area contributed by atoms with Gasteiger partial charge >= 0.3 is 0 Å². The van der Waals surface area contributed by atoms with E-state index in [0.29, 0.717) is 9.79 Å². The van der Waals surface area contributed by atoms with Gasteiger partial charge in [-0.2, -0.15) is 0 Å². The van der Waals surface area contributed by atoms with Crippen molar-refractivity contribution in [1.29, 1.82) is 0 Å². The molecule has 0 aliphatic heterocycles. The summed E-state index contributed by atoms with van der Waals surface area (Å²) >= 11 is 11.4. The Balaban J connectivity index is 2.32. The van der Waals surface area contributed by atoms with Gasteiger partial charge in [0.25, 0.3) is 0 Å². The molecule has 1 heterocycles. The Morgan fingerprint density at radius 1 is 1.05 bits per heavy atom. The van der Waals surface area contributed by atoms with Crippen LogP contribution < -0.4 is 0 Å². The molecule has 0 unspecified atom stereocenters. The molecule has 2 aromatic carbocycles. The van der Waals surface area contributed by atoms with E-state index in [0.717, 1.165) is 16.7 Å². The van der Waals surface area contributed by atoms with Crippen LogP contribution in [0.1, 0.15) is 11.1 Å². The standard InChI is InChI=1S/C15H13ClN2S/c1-9-3-5-12(7-10(9)2)18-14-6-4-11(16)8-13(14)17-15(18)19/h3-8H,1-2H3,(H,17,19). The number of imidazole rings is 1. The summed E-state index contributed by atoms with van der Waals surface area (Å²) in [6, 6.07) is 12.1. The summed E-state index contributed by atoms with van der Waals surface area (Å²) in [6.45, 7) is 4.21. The van der Waals surface area contributed by atoms with Crippen LogP contribution in [0.25, 0.3) is 16.7 Å². The highest BCUT2D eigenvalue weighted by atomic mass is 35.5. The minimum absolute atomic E-state index is 0.681. The van der Waals surface area contributed by atoms with Crippen LogP contribution >= 0.6 is 23.8 Å². The van der Waals surface area contributed by atoms with Crippen LogP contribution in [0.4, 0.5) is 0 Å². The zero-order valence-electron chi connectivity index (χ0n) is 10.7. The number of aryl methyl sites for hydroxylation is 2. The van der Waals surface area contributed by atoms with Crippen molar-refractivity contribution < 1.29 is 0 Å². The number of halogens is 1. The number of aromatic amines is 1. The first-order chi connectivity index (χ1) is 9.06. The predicted molar refractivity (Wildman–Crippen MR) is 82.9 cm³/mol. The molecule has 3 aromatic rings. The third-order valence-corrected chi connectivity index (χ3v) is 3.91. The van der Waals surface area contributed by atoms with E-state index in [9.17, 15) is 0 Å². The average Bonchev–Trinajstić information content (AvgIpc) is 2.68.